The molecule has 0 radical (unpaired) electrons. The Morgan fingerprint density at radius 2 is 0.767 bits per heavy atom. The second-order valence-corrected chi connectivity index (χ2v) is 22.5. The zero-order valence-electron chi connectivity index (χ0n) is 29.8. The summed E-state index contributed by atoms with van der Waals surface area (Å²) in [6.07, 6.45) is 23.0. The number of rotatable bonds is 24. The van der Waals surface area contributed by atoms with Crippen molar-refractivity contribution < 1.29 is 6.15 Å². The van der Waals surface area contributed by atoms with E-state index in [-0.39, 0.29) is 0 Å². The maximum atomic E-state index is 7.41. The number of hydrogen-bond donors (Lipinski definition) is 0. The molecule has 0 aliphatic carbocycles. The van der Waals surface area contributed by atoms with E-state index in [1.165, 1.54) is 136 Å². The Labute approximate surface area is 273 Å². The second kappa shape index (κ2) is 21.6. The van der Waals surface area contributed by atoms with Crippen LogP contribution < -0.4 is 6.15 Å². The number of hydrogen-bond acceptors (Lipinski definition) is 2. The van der Waals surface area contributed by atoms with Gasteiger partial charge in [0.25, 0.3) is 0 Å². The molecule has 0 aliphatic rings. The zero-order chi connectivity index (χ0) is 31.5. The summed E-state index contributed by atoms with van der Waals surface area (Å²) in [6.45, 7) is 18.3. The molecule has 0 heterocycles. The summed E-state index contributed by atoms with van der Waals surface area (Å²) in [6, 6.07) is 9.27. The molecule has 0 aromatic heterocycles. The minimum absolute atomic E-state index is 1.10. The Hall–Kier alpha value is -1.16. The van der Waals surface area contributed by atoms with Crippen molar-refractivity contribution in [3.05, 3.63) is 57.6 Å². The van der Waals surface area contributed by atoms with Gasteiger partial charge in [-0.1, -0.05) is 0 Å². The van der Waals surface area contributed by atoms with Crippen molar-refractivity contribution in [3.63, 3.8) is 0 Å². The third-order valence-electron chi connectivity index (χ3n) is 9.71. The van der Waals surface area contributed by atoms with Crippen molar-refractivity contribution in [2.75, 3.05) is 0 Å². The van der Waals surface area contributed by atoms with Crippen molar-refractivity contribution >= 4 is 19.2 Å². The predicted octanol–water partition coefficient (Wildman–Crippen LogP) is 13.2. The second-order valence-electron chi connectivity index (χ2n) is 13.3. The number of benzene rings is 2. The minimum atomic E-state index is -3.61. The first-order valence-corrected chi connectivity index (χ1v) is 24.7. The molecule has 0 bridgehead atoms. The molecule has 0 atom stereocenters. The van der Waals surface area contributed by atoms with Gasteiger partial charge >= 0.3 is 274 Å². The zero-order valence-corrected chi connectivity index (χ0v) is 32.6. The molecule has 0 amide bonds. The van der Waals surface area contributed by atoms with Crippen molar-refractivity contribution in [2.24, 2.45) is 0 Å². The molecule has 0 spiro atoms. The molecule has 2 nitrogen and oxygen atoms in total. The van der Waals surface area contributed by atoms with E-state index in [2.05, 4.69) is 79.7 Å². The Morgan fingerprint density at radius 3 is 1.14 bits per heavy atom. The molecular weight excluding hydrogens is 631 g/mol. The monoisotopic (exact) mass is 700 g/mol. The van der Waals surface area contributed by atoms with Crippen LogP contribution in [-0.4, -0.2) is 19.2 Å². The molecule has 2 aromatic rings. The van der Waals surface area contributed by atoms with Gasteiger partial charge in [0.1, 0.15) is 0 Å². The summed E-state index contributed by atoms with van der Waals surface area (Å²) in [7, 11) is 0. The van der Waals surface area contributed by atoms with Gasteiger partial charge in [-0.15, -0.1) is 0 Å². The summed E-state index contributed by atoms with van der Waals surface area (Å²) >= 11 is -3.61. The van der Waals surface area contributed by atoms with Crippen LogP contribution in [0.5, 0.6) is 11.5 Å². The fourth-order valence-corrected chi connectivity index (χ4v) is 16.4. The Balaban J connectivity index is 2.44. The van der Waals surface area contributed by atoms with Gasteiger partial charge in [0.15, 0.2) is 0 Å². The first-order valence-electron chi connectivity index (χ1n) is 18.4. The van der Waals surface area contributed by atoms with Gasteiger partial charge < -0.3 is 0 Å². The summed E-state index contributed by atoms with van der Waals surface area (Å²) in [5.41, 5.74) is 8.44. The van der Waals surface area contributed by atoms with E-state index in [9.17, 15) is 0 Å². The molecular formula is C40H68O2Sn. The van der Waals surface area contributed by atoms with E-state index in [1.807, 2.05) is 0 Å². The fraction of sp³-hybridized carbons (Fsp3) is 0.700. The third-order valence-corrected chi connectivity index (χ3v) is 19.5. The van der Waals surface area contributed by atoms with Crippen LogP contribution in [0.4, 0.5) is 0 Å². The predicted molar refractivity (Wildman–Crippen MR) is 192 cm³/mol. The van der Waals surface area contributed by atoms with Crippen LogP contribution in [0.25, 0.3) is 0 Å². The van der Waals surface area contributed by atoms with Crippen LogP contribution in [0.15, 0.2) is 24.3 Å². The normalized spacial score (nSPS) is 11.7. The molecule has 0 aliphatic heterocycles. The Bertz CT molecular complexity index is 960. The first kappa shape index (κ1) is 38.0. The van der Waals surface area contributed by atoms with E-state index in [1.54, 1.807) is 0 Å². The Kier molecular flexibility index (Phi) is 19.1. The third kappa shape index (κ3) is 13.0. The molecule has 43 heavy (non-hydrogen) atoms. The molecule has 244 valence electrons. The van der Waals surface area contributed by atoms with E-state index in [4.69, 9.17) is 6.15 Å². The molecule has 0 saturated carbocycles. The fourth-order valence-electron chi connectivity index (χ4n) is 6.30. The standard InChI is InChI=1S/2C12H18O.2C8H17.Sn/c2*1-4-5-6-11-7-8-12(13)10(3)9(11)2;2*1-3-5-7-8-6-4-2;/h2*7-8,13H,4-6H2,1-3H3;2*1,3-8H2,2H3;/q;;;;+2/p-2. The number of aryl methyl sites for hydroxylation is 2. The van der Waals surface area contributed by atoms with E-state index < -0.39 is 19.2 Å². The summed E-state index contributed by atoms with van der Waals surface area (Å²) < 4.78 is 17.1. The van der Waals surface area contributed by atoms with Crippen LogP contribution in [0.3, 0.4) is 0 Å². The van der Waals surface area contributed by atoms with Gasteiger partial charge in [-0.3, -0.25) is 0 Å². The number of unbranched alkanes of at least 4 members (excludes halogenated alkanes) is 12. The van der Waals surface area contributed by atoms with Crippen molar-refractivity contribution in [1.82, 2.24) is 0 Å². The van der Waals surface area contributed by atoms with Crippen molar-refractivity contribution in [3.8, 4) is 11.5 Å². The molecule has 3 heteroatoms. The summed E-state index contributed by atoms with van der Waals surface area (Å²) in [4.78, 5) is 0. The van der Waals surface area contributed by atoms with Crippen LogP contribution >= 0.6 is 0 Å². The average molecular weight is 700 g/mol. The van der Waals surface area contributed by atoms with Gasteiger partial charge in [0, 0.05) is 0 Å². The molecule has 0 N–H and O–H groups in total. The van der Waals surface area contributed by atoms with Gasteiger partial charge in [-0.2, -0.15) is 0 Å². The molecule has 0 saturated heterocycles. The van der Waals surface area contributed by atoms with Gasteiger partial charge in [-0.25, -0.2) is 0 Å². The van der Waals surface area contributed by atoms with Crippen LogP contribution in [0, 0.1) is 27.7 Å². The van der Waals surface area contributed by atoms with Crippen LogP contribution in [0.2, 0.25) is 8.87 Å². The molecule has 0 fully saturated rings. The topological polar surface area (TPSA) is 18.5 Å². The van der Waals surface area contributed by atoms with Crippen molar-refractivity contribution in [2.45, 2.75) is 180 Å². The van der Waals surface area contributed by atoms with Gasteiger partial charge in [-0.05, 0) is 0 Å². The summed E-state index contributed by atoms with van der Waals surface area (Å²) in [5.74, 6) is 2.19. The first-order chi connectivity index (χ1) is 20.8. The van der Waals surface area contributed by atoms with Gasteiger partial charge in [0.05, 0.1) is 0 Å². The molecule has 2 aromatic carbocycles. The van der Waals surface area contributed by atoms with Gasteiger partial charge in [0.2, 0.25) is 0 Å². The quantitative estimate of drug-likeness (QED) is 0.0802. The van der Waals surface area contributed by atoms with Crippen molar-refractivity contribution in [1.29, 1.82) is 0 Å². The van der Waals surface area contributed by atoms with E-state index >= 15 is 0 Å². The van der Waals surface area contributed by atoms with Crippen LogP contribution in [0.1, 0.15) is 164 Å². The molecule has 0 unspecified atom stereocenters. The maximum absolute atomic E-state index is 7.41. The SMILES string of the molecule is CCCCCCC[CH2][Sn]([CH2]CCCCCCC)([O]c1ccc(CCCC)c(C)c1C)[O]c1ccc(CCCC)c(C)c1C. The van der Waals surface area contributed by atoms with E-state index in [0.717, 1.165) is 33.2 Å². The molecule has 2 rings (SSSR count). The average Bonchev–Trinajstić information content (AvgIpc) is 3.00. The Morgan fingerprint density at radius 1 is 0.419 bits per heavy atom. The summed E-state index contributed by atoms with van der Waals surface area (Å²) in [5, 5.41) is 0. The van der Waals surface area contributed by atoms with E-state index in [0.29, 0.717) is 0 Å². The van der Waals surface area contributed by atoms with Crippen LogP contribution in [-0.2, 0) is 12.8 Å².